The molecule has 15 N–H and O–H groups in total. The van der Waals surface area contributed by atoms with Gasteiger partial charge in [0.15, 0.2) is 104 Å². The third-order valence-electron chi connectivity index (χ3n) is 21.3. The van der Waals surface area contributed by atoms with E-state index >= 15 is 0 Å². The number of guanidine groups is 14. The molecular formula is C90H117N35O14. The molecule has 14 aliphatic rings. The van der Waals surface area contributed by atoms with Gasteiger partial charge in [-0.1, -0.05) is 0 Å². The first-order valence-corrected chi connectivity index (χ1v) is 44.2. The standard InChI is InChI=1S/C15H21N5O2.C14H19N5O2.2C13H17N5O2.2C12H15N5O2.C11H13N5O2/c1-10-16-14(18(2)3)20(5)15(17-10)19(4)11-6-7-12-13(8-11)22-9-21-12;1-9-15-13(18(2)3)17-14(16-9)19(4)10-5-6-11-12(7-10)21-8-20-11;1-8-14-12(17-13(15-8)18(2)3)16-9-4-5-10-11(6-9)20-7-19-10;1-8-15-12(14-2)17-13(16-8)18(3)9-4-5-10-11(6-9)20-7-19-10;1-7-14-11(13)16-12(15-7)17(2)8-3-4-9-10(5-8)19-6-18-9;1-7-14-11(13-2)17-12(15-7)16-8-3-4-9-10(5-8)19-6-18-9;1-6-13-10(12)16-11(14-6)15-7-2-3-8-9(4-7)18-5-17-8/h6-8,10H,9H2,1-5H3;5-7,9H,8H2,1-4H3,(H,15,16,17);2*4-6,8H,7H2,1-3H3,(H2,14,15,16,17);3-5,7H,6H2,1-2H3,(H3,13,14,15,16);3-5,7H,6H2,1-2H3,(H3,13,14,15,16,17);2-4,6H,5H2,1H3,(H4,12,13,14,15,16). The number of fused-ring (bicyclic) bond motifs is 7. The highest BCUT2D eigenvalue weighted by atomic mass is 16.7. The lowest BCUT2D eigenvalue weighted by Gasteiger charge is -2.35. The number of nitrogens with two attached hydrogens (primary N) is 2. The van der Waals surface area contributed by atoms with Gasteiger partial charge in [-0.3, -0.25) is 46.8 Å². The van der Waals surface area contributed by atoms with E-state index in [-0.39, 0.29) is 90.7 Å². The first-order valence-electron chi connectivity index (χ1n) is 44.2. The van der Waals surface area contributed by atoms with Crippen molar-refractivity contribution in [2.75, 3.05) is 175 Å². The Labute approximate surface area is 803 Å². The lowest BCUT2D eigenvalue weighted by molar-refractivity contribution is 0.173. The van der Waals surface area contributed by atoms with E-state index in [1.807, 2.05) is 293 Å². The molecule has 7 atom stereocenters. The molecule has 14 aliphatic heterocycles. The van der Waals surface area contributed by atoms with Gasteiger partial charge < -0.3 is 139 Å². The number of benzene rings is 7. The zero-order valence-electron chi connectivity index (χ0n) is 80.8. The maximum absolute atomic E-state index is 5.71. The van der Waals surface area contributed by atoms with Crippen molar-refractivity contribution < 1.29 is 66.3 Å². The van der Waals surface area contributed by atoms with Crippen molar-refractivity contribution in [3.8, 4) is 80.5 Å². The van der Waals surface area contributed by atoms with Crippen LogP contribution in [0.4, 0.5) is 39.8 Å². The number of anilines is 7. The van der Waals surface area contributed by atoms with Crippen LogP contribution in [0, 0.1) is 0 Å². The number of ether oxygens (including phenoxy) is 14. The van der Waals surface area contributed by atoms with Gasteiger partial charge in [0.25, 0.3) is 0 Å². The Bertz CT molecular complexity index is 6120. The van der Waals surface area contributed by atoms with Crippen molar-refractivity contribution in [1.29, 1.82) is 0 Å². The van der Waals surface area contributed by atoms with Gasteiger partial charge in [-0.15, -0.1) is 0 Å². The maximum atomic E-state index is 5.71. The molecule has 7 aromatic rings. The Hall–Kier alpha value is -17.1. The smallest absolute Gasteiger partial charge is 0.231 e. The highest BCUT2D eigenvalue weighted by Crippen LogP contribution is 2.42. The Balaban J connectivity index is 0.000000123. The molecule has 49 nitrogen and oxygen atoms in total. The second-order valence-electron chi connectivity index (χ2n) is 32.5. The molecule has 7 unspecified atom stereocenters. The molecule has 0 bridgehead atoms. The number of nitrogens with one attached hydrogen (secondary N) is 11. The summed E-state index contributed by atoms with van der Waals surface area (Å²) in [6.45, 7) is 15.4. The quantitative estimate of drug-likeness (QED) is 0.0883. The van der Waals surface area contributed by atoms with Gasteiger partial charge in [-0.2, -0.15) is 0 Å². The van der Waals surface area contributed by atoms with Gasteiger partial charge in [0, 0.05) is 174 Å². The summed E-state index contributed by atoms with van der Waals surface area (Å²) in [5, 5.41) is 34.1. The van der Waals surface area contributed by atoms with E-state index in [1.165, 1.54) is 0 Å². The van der Waals surface area contributed by atoms with Crippen molar-refractivity contribution in [1.82, 2.24) is 62.1 Å². The van der Waals surface area contributed by atoms with Gasteiger partial charge in [-0.05, 0) is 133 Å². The van der Waals surface area contributed by atoms with Crippen LogP contribution in [0.3, 0.4) is 0 Å². The van der Waals surface area contributed by atoms with E-state index in [2.05, 4.69) is 128 Å². The third kappa shape index (κ3) is 24.6. The van der Waals surface area contributed by atoms with Crippen LogP contribution < -0.4 is 156 Å². The summed E-state index contributed by atoms with van der Waals surface area (Å²) in [6.07, 6.45) is -0.784. The molecule has 139 heavy (non-hydrogen) atoms. The fraction of sp³-hybridized carbons (Fsp3) is 0.378. The van der Waals surface area contributed by atoms with Crippen molar-refractivity contribution in [2.24, 2.45) is 81.4 Å². The maximum Gasteiger partial charge on any atom is 0.231 e. The molecule has 14 heterocycles. The SMILES string of the molecule is CC1N=C(N(C)C)N(C)C(N(C)c2ccc3c(c2)OCO3)=N1.CC1N=C(N(C)C)NC(N(C)c2ccc3c(c2)OCO3)=N1.CC1N=C(N)NC(N(C)c2ccc3c(c2)OCO3)=N1.CC1N=C(N)NC(Nc2ccc3c(c2)OCO3)=N1.CC1N=C(Nc2ccc3c(c2)OCO3)NC(N(C)C)=N1.CN=C1NC(N(C)c2ccc3c(c2)OCO3)=NC(C)N1.CN=C1NC(Nc2ccc3c(c2)OCO3)=NC(C)N1. The third-order valence-corrected chi connectivity index (χ3v) is 21.3. The summed E-state index contributed by atoms with van der Waals surface area (Å²) in [4.78, 5) is 76.5. The minimum atomic E-state index is -0.192. The summed E-state index contributed by atoms with van der Waals surface area (Å²) in [5.41, 5.74) is 17.8. The first-order chi connectivity index (χ1) is 66.9. The van der Waals surface area contributed by atoms with Crippen LogP contribution in [0.2, 0.25) is 0 Å². The number of hydrogen-bond acceptors (Lipinski definition) is 45. The van der Waals surface area contributed by atoms with Crippen LogP contribution in [-0.4, -0.2) is 285 Å². The second kappa shape index (κ2) is 43.5. The van der Waals surface area contributed by atoms with E-state index in [9.17, 15) is 0 Å². The average molecular weight is 1910 g/mol. The molecule has 0 aliphatic carbocycles. The van der Waals surface area contributed by atoms with Gasteiger partial charge >= 0.3 is 0 Å². The van der Waals surface area contributed by atoms with Gasteiger partial charge in [-0.25, -0.2) is 59.9 Å². The van der Waals surface area contributed by atoms with Crippen molar-refractivity contribution in [2.45, 2.75) is 91.6 Å². The lowest BCUT2D eigenvalue weighted by Crippen LogP contribution is -2.54. The highest BCUT2D eigenvalue weighted by Gasteiger charge is 2.31. The summed E-state index contributed by atoms with van der Waals surface area (Å²) in [5.74, 6) is 19.9. The number of hydrogen-bond donors (Lipinski definition) is 13. The number of aliphatic imine (C=N–C) groups is 14. The molecule has 736 valence electrons. The minimum Gasteiger partial charge on any atom is -0.454 e. The molecule has 0 fully saturated rings. The van der Waals surface area contributed by atoms with Crippen molar-refractivity contribution in [3.05, 3.63) is 127 Å². The van der Waals surface area contributed by atoms with E-state index < -0.39 is 0 Å². The van der Waals surface area contributed by atoms with E-state index in [4.69, 9.17) is 77.8 Å². The van der Waals surface area contributed by atoms with Gasteiger partial charge in [0.1, 0.15) is 43.2 Å². The van der Waals surface area contributed by atoms with Crippen molar-refractivity contribution >= 4 is 123 Å². The van der Waals surface area contributed by atoms with Crippen LogP contribution in [0.1, 0.15) is 48.5 Å². The topological polar surface area (TPSA) is 513 Å². The molecule has 49 heteroatoms. The van der Waals surface area contributed by atoms with Crippen molar-refractivity contribution in [3.63, 3.8) is 0 Å². The van der Waals surface area contributed by atoms with Crippen LogP contribution in [0.15, 0.2) is 197 Å². The van der Waals surface area contributed by atoms with E-state index in [1.54, 1.807) is 14.1 Å². The fourth-order valence-corrected chi connectivity index (χ4v) is 14.4. The fourth-order valence-electron chi connectivity index (χ4n) is 14.4. The molecule has 0 amide bonds. The number of nitrogens with zero attached hydrogens (tertiary/aromatic N) is 22. The molecule has 0 saturated carbocycles. The van der Waals surface area contributed by atoms with E-state index in [0.29, 0.717) is 53.4 Å². The van der Waals surface area contributed by atoms with Gasteiger partial charge in [0.05, 0.1) is 0 Å². The summed E-state index contributed by atoms with van der Waals surface area (Å²) in [6, 6.07) is 40.1. The van der Waals surface area contributed by atoms with Gasteiger partial charge in [0.2, 0.25) is 107 Å². The lowest BCUT2D eigenvalue weighted by atomic mass is 10.2. The zero-order chi connectivity index (χ0) is 98.2. The molecule has 0 aromatic heterocycles. The average Bonchev–Trinajstić information content (AvgIpc) is 1.39. The summed E-state index contributed by atoms with van der Waals surface area (Å²) < 4.78 is 74.7. The largest absolute Gasteiger partial charge is 0.454 e. The molecule has 21 rings (SSSR count). The van der Waals surface area contributed by atoms with Crippen LogP contribution >= 0.6 is 0 Å². The van der Waals surface area contributed by atoms with Crippen LogP contribution in [0.25, 0.3) is 0 Å². The molecule has 7 aromatic carbocycles. The second-order valence-corrected chi connectivity index (χ2v) is 32.5. The van der Waals surface area contributed by atoms with E-state index in [0.717, 1.165) is 150 Å². The first kappa shape index (κ1) is 96.5. The molecule has 0 radical (unpaired) electrons. The normalized spacial score (nSPS) is 20.7. The monoisotopic (exact) mass is 1910 g/mol. The summed E-state index contributed by atoms with van der Waals surface area (Å²) in [7, 11) is 24.9. The molecule has 0 spiro atoms. The predicted octanol–water partition coefficient (Wildman–Crippen LogP) is 5.90. The Morgan fingerprint density at radius 2 is 0.576 bits per heavy atom. The summed E-state index contributed by atoms with van der Waals surface area (Å²) >= 11 is 0. The zero-order valence-corrected chi connectivity index (χ0v) is 80.8. The molecular weight excluding hydrogens is 1800 g/mol. The predicted molar refractivity (Wildman–Crippen MR) is 537 cm³/mol. The Kier molecular flexibility index (Phi) is 30.2. The number of rotatable bonds is 7. The van der Waals surface area contributed by atoms with Crippen LogP contribution in [-0.2, 0) is 0 Å². The van der Waals surface area contributed by atoms with Crippen LogP contribution in [0.5, 0.6) is 80.5 Å². The minimum absolute atomic E-state index is 0.0265. The highest BCUT2D eigenvalue weighted by molar-refractivity contribution is 6.12. The Morgan fingerprint density at radius 1 is 0.288 bits per heavy atom. The molecule has 0 saturated heterocycles. The Morgan fingerprint density at radius 3 is 0.957 bits per heavy atom.